The van der Waals surface area contributed by atoms with Crippen LogP contribution in [0.15, 0.2) is 48.5 Å². The summed E-state index contributed by atoms with van der Waals surface area (Å²) in [5, 5.41) is 1.17. The van der Waals surface area contributed by atoms with Crippen LogP contribution in [-0.4, -0.2) is 24.0 Å². The summed E-state index contributed by atoms with van der Waals surface area (Å²) >= 11 is 11.6. The molecule has 0 heterocycles. The molecule has 0 aliphatic carbocycles. The number of hydrogen-bond donors (Lipinski definition) is 2. The monoisotopic (exact) mass is 380 g/mol. The van der Waals surface area contributed by atoms with E-state index in [0.717, 1.165) is 11.1 Å². The molecule has 0 aromatic heterocycles. The summed E-state index contributed by atoms with van der Waals surface area (Å²) < 4.78 is 4.79. The molecule has 0 fully saturated rings. The number of carbonyl (C=O) groups excluding carboxylic acids is 2. The van der Waals surface area contributed by atoms with Crippen LogP contribution in [0, 0.1) is 0 Å². The number of carbonyl (C=O) groups is 2. The minimum Gasteiger partial charge on any atom is -0.391 e. The fraction of sp³-hybridized carbons (Fsp3) is 0.222. The second-order valence-electron chi connectivity index (χ2n) is 5.61. The Kier molecular flexibility index (Phi) is 6.96. The molecule has 0 saturated heterocycles. The first-order valence-corrected chi connectivity index (χ1v) is 8.36. The van der Waals surface area contributed by atoms with Gasteiger partial charge in [0, 0.05) is 10.0 Å². The standard InChI is InChI=1S/C18H18Cl2N2O3/c19-13-5-1-11(2-6-13)9-15(21)17(23)25-18(24)16(22)10-12-3-7-14(20)8-4-12/h1-8,15-16H,9-10,21-22H2/t15-,16-/m1/s1. The van der Waals surface area contributed by atoms with Gasteiger partial charge in [-0.1, -0.05) is 47.5 Å². The molecule has 4 N–H and O–H groups in total. The number of rotatable bonds is 6. The number of esters is 2. The van der Waals surface area contributed by atoms with Gasteiger partial charge in [0.1, 0.15) is 12.1 Å². The molecule has 7 heteroatoms. The minimum absolute atomic E-state index is 0.232. The highest BCUT2D eigenvalue weighted by Gasteiger charge is 2.23. The topological polar surface area (TPSA) is 95.4 Å². The summed E-state index contributed by atoms with van der Waals surface area (Å²) in [7, 11) is 0. The Balaban J connectivity index is 1.86. The maximum Gasteiger partial charge on any atom is 0.330 e. The third kappa shape index (κ3) is 6.14. The van der Waals surface area contributed by atoms with Crippen molar-refractivity contribution in [1.29, 1.82) is 0 Å². The molecular weight excluding hydrogens is 363 g/mol. The van der Waals surface area contributed by atoms with E-state index in [1.165, 1.54) is 0 Å². The van der Waals surface area contributed by atoms with Crippen molar-refractivity contribution < 1.29 is 14.3 Å². The van der Waals surface area contributed by atoms with Crippen LogP contribution >= 0.6 is 23.2 Å². The molecule has 0 bridgehead atoms. The first-order valence-electron chi connectivity index (χ1n) is 7.60. The Morgan fingerprint density at radius 3 is 1.40 bits per heavy atom. The maximum atomic E-state index is 12.0. The van der Waals surface area contributed by atoms with Gasteiger partial charge in [-0.15, -0.1) is 0 Å². The molecule has 0 saturated carbocycles. The van der Waals surface area contributed by atoms with Gasteiger partial charge < -0.3 is 16.2 Å². The predicted octanol–water partition coefficient (Wildman–Crippen LogP) is 2.50. The zero-order valence-electron chi connectivity index (χ0n) is 13.3. The number of nitrogens with two attached hydrogens (primary N) is 2. The van der Waals surface area contributed by atoms with E-state index >= 15 is 0 Å². The van der Waals surface area contributed by atoms with E-state index in [0.29, 0.717) is 10.0 Å². The van der Waals surface area contributed by atoms with Gasteiger partial charge in [0.25, 0.3) is 0 Å². The largest absolute Gasteiger partial charge is 0.391 e. The van der Waals surface area contributed by atoms with Gasteiger partial charge in [0.2, 0.25) is 0 Å². The average Bonchev–Trinajstić information content (AvgIpc) is 2.58. The average molecular weight is 381 g/mol. The van der Waals surface area contributed by atoms with Crippen LogP contribution in [0.25, 0.3) is 0 Å². The minimum atomic E-state index is -0.965. The maximum absolute atomic E-state index is 12.0. The lowest BCUT2D eigenvalue weighted by Gasteiger charge is -2.14. The molecule has 0 spiro atoms. The summed E-state index contributed by atoms with van der Waals surface area (Å²) in [5.41, 5.74) is 13.2. The fourth-order valence-electron chi connectivity index (χ4n) is 2.17. The molecule has 5 nitrogen and oxygen atoms in total. The molecule has 0 aliphatic heterocycles. The van der Waals surface area contributed by atoms with E-state index in [9.17, 15) is 9.59 Å². The first kappa shape index (κ1) is 19.4. The highest BCUT2D eigenvalue weighted by molar-refractivity contribution is 6.30. The second-order valence-corrected chi connectivity index (χ2v) is 6.49. The number of ether oxygens (including phenoxy) is 1. The van der Waals surface area contributed by atoms with Crippen molar-refractivity contribution in [1.82, 2.24) is 0 Å². The highest BCUT2D eigenvalue weighted by Crippen LogP contribution is 2.12. The van der Waals surface area contributed by atoms with Crippen molar-refractivity contribution in [3.05, 3.63) is 69.7 Å². The zero-order valence-corrected chi connectivity index (χ0v) is 14.8. The number of hydrogen-bond acceptors (Lipinski definition) is 5. The van der Waals surface area contributed by atoms with Gasteiger partial charge in [0.15, 0.2) is 0 Å². The van der Waals surface area contributed by atoms with E-state index in [4.69, 9.17) is 39.4 Å². The quantitative estimate of drug-likeness (QED) is 0.592. The van der Waals surface area contributed by atoms with Crippen LogP contribution in [0.2, 0.25) is 10.0 Å². The normalized spacial score (nSPS) is 13.1. The van der Waals surface area contributed by atoms with Crippen LogP contribution in [0.3, 0.4) is 0 Å². The molecular formula is C18H18Cl2N2O3. The molecule has 0 aliphatic rings. The second kappa shape index (κ2) is 8.97. The fourth-order valence-corrected chi connectivity index (χ4v) is 2.42. The van der Waals surface area contributed by atoms with Crippen LogP contribution in [-0.2, 0) is 27.2 Å². The van der Waals surface area contributed by atoms with Crippen molar-refractivity contribution in [2.75, 3.05) is 0 Å². The summed E-state index contributed by atoms with van der Waals surface area (Å²) in [5.74, 6) is -1.63. The van der Waals surface area contributed by atoms with E-state index in [-0.39, 0.29) is 12.8 Å². The summed E-state index contributed by atoms with van der Waals surface area (Å²) in [6.07, 6.45) is 0.464. The van der Waals surface area contributed by atoms with Crippen molar-refractivity contribution in [2.24, 2.45) is 11.5 Å². The Hall–Kier alpha value is -1.92. The van der Waals surface area contributed by atoms with E-state index < -0.39 is 24.0 Å². The third-order valence-corrected chi connectivity index (χ3v) is 4.05. The van der Waals surface area contributed by atoms with Gasteiger partial charge in [-0.3, -0.25) is 0 Å². The van der Waals surface area contributed by atoms with Crippen molar-refractivity contribution in [2.45, 2.75) is 24.9 Å². The van der Waals surface area contributed by atoms with Crippen molar-refractivity contribution in [3.63, 3.8) is 0 Å². The van der Waals surface area contributed by atoms with Crippen LogP contribution in [0.1, 0.15) is 11.1 Å². The molecule has 25 heavy (non-hydrogen) atoms. The zero-order chi connectivity index (χ0) is 18.4. The Morgan fingerprint density at radius 1 is 0.760 bits per heavy atom. The highest BCUT2D eigenvalue weighted by atomic mass is 35.5. The molecule has 0 unspecified atom stereocenters. The van der Waals surface area contributed by atoms with Gasteiger partial charge in [-0.2, -0.15) is 0 Å². The Bertz CT molecular complexity index is 669. The third-order valence-electron chi connectivity index (χ3n) is 3.54. The van der Waals surface area contributed by atoms with E-state index in [1.54, 1.807) is 48.5 Å². The lowest BCUT2D eigenvalue weighted by Crippen LogP contribution is -2.41. The van der Waals surface area contributed by atoms with Gasteiger partial charge >= 0.3 is 11.9 Å². The smallest absolute Gasteiger partial charge is 0.330 e. The SMILES string of the molecule is N[C@H](Cc1ccc(Cl)cc1)C(=O)OC(=O)[C@H](N)Cc1ccc(Cl)cc1. The summed E-state index contributed by atoms with van der Waals surface area (Å²) in [6, 6.07) is 11.9. The van der Waals surface area contributed by atoms with Crippen LogP contribution < -0.4 is 11.5 Å². The molecule has 2 rings (SSSR count). The molecule has 0 amide bonds. The number of halogens is 2. The van der Waals surface area contributed by atoms with Crippen molar-refractivity contribution in [3.8, 4) is 0 Å². The van der Waals surface area contributed by atoms with Gasteiger partial charge in [-0.05, 0) is 48.2 Å². The lowest BCUT2D eigenvalue weighted by atomic mass is 10.1. The number of benzene rings is 2. The molecule has 0 radical (unpaired) electrons. The Morgan fingerprint density at radius 2 is 1.08 bits per heavy atom. The van der Waals surface area contributed by atoms with Crippen LogP contribution in [0.5, 0.6) is 0 Å². The van der Waals surface area contributed by atoms with E-state index in [1.807, 2.05) is 0 Å². The Labute approximate surface area is 155 Å². The molecule has 132 valence electrons. The first-order chi connectivity index (χ1) is 11.8. The molecule has 2 aromatic rings. The molecule has 2 atom stereocenters. The summed E-state index contributed by atoms with van der Waals surface area (Å²) in [6.45, 7) is 0. The predicted molar refractivity (Wildman–Crippen MR) is 97.4 cm³/mol. The molecule has 2 aromatic carbocycles. The van der Waals surface area contributed by atoms with Crippen molar-refractivity contribution >= 4 is 35.1 Å². The lowest BCUT2D eigenvalue weighted by molar-refractivity contribution is -0.161. The van der Waals surface area contributed by atoms with Crippen LogP contribution in [0.4, 0.5) is 0 Å². The van der Waals surface area contributed by atoms with Gasteiger partial charge in [-0.25, -0.2) is 9.59 Å². The van der Waals surface area contributed by atoms with E-state index in [2.05, 4.69) is 0 Å². The van der Waals surface area contributed by atoms with Gasteiger partial charge in [0.05, 0.1) is 0 Å². The summed E-state index contributed by atoms with van der Waals surface area (Å²) in [4.78, 5) is 23.9.